The summed E-state index contributed by atoms with van der Waals surface area (Å²) in [5, 5.41) is 13.2. The number of carbonyl (C=O) groups is 2. The largest absolute Gasteiger partial charge is 0.379 e. The number of rotatable bonds is 4. The molecule has 1 amide bonds. The van der Waals surface area contributed by atoms with E-state index in [4.69, 9.17) is 10.8 Å². The summed E-state index contributed by atoms with van der Waals surface area (Å²) in [4.78, 5) is 41.4. The van der Waals surface area contributed by atoms with Crippen molar-refractivity contribution in [2.45, 2.75) is 12.1 Å². The lowest BCUT2D eigenvalue weighted by Crippen LogP contribution is -2.33. The van der Waals surface area contributed by atoms with E-state index in [0.29, 0.717) is 0 Å². The van der Waals surface area contributed by atoms with Crippen molar-refractivity contribution in [1.82, 2.24) is 10.3 Å². The van der Waals surface area contributed by atoms with Gasteiger partial charge in [0.05, 0.1) is 5.69 Å². The number of carbonyl (C=O) groups excluding carboxylic acids is 3. The lowest BCUT2D eigenvalue weighted by Gasteiger charge is -2.12. The van der Waals surface area contributed by atoms with Crippen molar-refractivity contribution in [1.29, 1.82) is 0 Å². The molecule has 0 bridgehead atoms. The molecule has 0 aromatic carbocycles. The molecule has 0 spiro atoms. The van der Waals surface area contributed by atoms with Gasteiger partial charge < -0.3 is 16.2 Å². The number of aliphatic hydroxyl groups is 1. The van der Waals surface area contributed by atoms with Crippen LogP contribution in [0.15, 0.2) is 22.1 Å². The third kappa shape index (κ3) is 2.95. The summed E-state index contributed by atoms with van der Waals surface area (Å²) in [5.41, 5.74) is 5.48. The molecule has 8 nitrogen and oxygen atoms in total. The molecule has 0 saturated heterocycles. The average Bonchev–Trinajstić information content (AvgIpc) is 2.85. The van der Waals surface area contributed by atoms with Crippen molar-refractivity contribution in [2.24, 2.45) is 4.99 Å². The van der Waals surface area contributed by atoms with Crippen LogP contribution in [-0.2, 0) is 14.4 Å². The zero-order chi connectivity index (χ0) is 14.7. The van der Waals surface area contributed by atoms with Gasteiger partial charge >= 0.3 is 0 Å². The highest BCUT2D eigenvalue weighted by Crippen LogP contribution is 2.17. The van der Waals surface area contributed by atoms with Crippen molar-refractivity contribution < 1.29 is 19.5 Å². The highest BCUT2D eigenvalue weighted by atomic mass is 32.1. The van der Waals surface area contributed by atoms with E-state index >= 15 is 0 Å². The minimum Gasteiger partial charge on any atom is -0.379 e. The predicted molar refractivity (Wildman–Crippen MR) is 70.7 cm³/mol. The Bertz CT molecular complexity index is 622. The van der Waals surface area contributed by atoms with Gasteiger partial charge in [0.25, 0.3) is 5.91 Å². The standard InChI is InChI=1S/C11H9N4O4S/c12-11-15-7(4-20-11)6(3-16)14-10(19)5-1-8(17)9(18)2-13-5/h1-2,4,6,9,18H,(H2,12,15)(H,14,19). The number of ketones is 1. The number of nitrogens with zero attached hydrogens (tertiary/aromatic N) is 2. The molecule has 2 rings (SSSR count). The number of thiazole rings is 1. The summed E-state index contributed by atoms with van der Waals surface area (Å²) < 4.78 is 0. The van der Waals surface area contributed by atoms with Gasteiger partial charge in [-0.15, -0.1) is 11.3 Å². The van der Waals surface area contributed by atoms with E-state index in [1.165, 1.54) is 5.38 Å². The summed E-state index contributed by atoms with van der Waals surface area (Å²) in [5.74, 6) is -1.41. The topological polar surface area (TPSA) is 135 Å². The van der Waals surface area contributed by atoms with Gasteiger partial charge in [-0.2, -0.15) is 0 Å². The number of nitrogens with one attached hydrogen (secondary N) is 1. The molecule has 1 aliphatic rings. The first kappa shape index (κ1) is 14.0. The maximum absolute atomic E-state index is 11.8. The second-order valence-electron chi connectivity index (χ2n) is 3.79. The van der Waals surface area contributed by atoms with Gasteiger partial charge in [0, 0.05) is 17.7 Å². The van der Waals surface area contributed by atoms with Crippen LogP contribution in [0.5, 0.6) is 0 Å². The van der Waals surface area contributed by atoms with Gasteiger partial charge in [0.15, 0.2) is 17.0 Å². The molecule has 4 N–H and O–H groups in total. The van der Waals surface area contributed by atoms with Crippen LogP contribution in [0.4, 0.5) is 5.13 Å². The van der Waals surface area contributed by atoms with E-state index in [-0.39, 0.29) is 16.5 Å². The van der Waals surface area contributed by atoms with E-state index in [0.717, 1.165) is 23.6 Å². The number of nitrogens with two attached hydrogens (primary N) is 1. The summed E-state index contributed by atoms with van der Waals surface area (Å²) in [6.07, 6.45) is 2.11. The normalized spacial score (nSPS) is 19.4. The molecule has 1 aromatic rings. The van der Waals surface area contributed by atoms with Crippen molar-refractivity contribution in [2.75, 3.05) is 5.73 Å². The van der Waals surface area contributed by atoms with Crippen molar-refractivity contribution >= 4 is 40.7 Å². The van der Waals surface area contributed by atoms with Gasteiger partial charge in [0.1, 0.15) is 11.7 Å². The summed E-state index contributed by atoms with van der Waals surface area (Å²) in [7, 11) is 0. The summed E-state index contributed by atoms with van der Waals surface area (Å²) in [6, 6.07) is -1.10. The molecule has 1 radical (unpaired) electrons. The second kappa shape index (κ2) is 5.72. The molecule has 1 aliphatic heterocycles. The minimum absolute atomic E-state index is 0.205. The third-order valence-corrected chi connectivity index (χ3v) is 3.08. The molecule has 1 aromatic heterocycles. The molecular weight excluding hydrogens is 284 g/mol. The van der Waals surface area contributed by atoms with E-state index in [1.54, 1.807) is 6.29 Å². The van der Waals surface area contributed by atoms with Crippen LogP contribution in [0.3, 0.4) is 0 Å². The van der Waals surface area contributed by atoms with E-state index < -0.39 is 23.8 Å². The number of amides is 1. The van der Waals surface area contributed by atoms with Crippen LogP contribution < -0.4 is 11.1 Å². The molecule has 0 aliphatic carbocycles. The van der Waals surface area contributed by atoms with Gasteiger partial charge in [-0.25, -0.2) is 4.98 Å². The zero-order valence-electron chi connectivity index (χ0n) is 9.94. The smallest absolute Gasteiger partial charge is 0.270 e. The number of aliphatic imine (C=N–C) groups is 1. The molecule has 0 saturated carbocycles. The molecule has 2 atom stereocenters. The lowest BCUT2D eigenvalue weighted by molar-refractivity contribution is -0.121. The average molecular weight is 293 g/mol. The predicted octanol–water partition coefficient (Wildman–Crippen LogP) is -1.11. The van der Waals surface area contributed by atoms with Crippen LogP contribution in [-0.4, -0.2) is 40.4 Å². The fraction of sp³-hybridized carbons (Fsp3) is 0.182. The maximum atomic E-state index is 11.8. The maximum Gasteiger partial charge on any atom is 0.270 e. The molecule has 2 heterocycles. The number of anilines is 1. The van der Waals surface area contributed by atoms with Gasteiger partial charge in [-0.3, -0.25) is 19.4 Å². The Morgan fingerprint density at radius 2 is 2.35 bits per heavy atom. The first-order valence-electron chi connectivity index (χ1n) is 5.38. The van der Waals surface area contributed by atoms with Crippen LogP contribution >= 0.6 is 11.3 Å². The molecule has 103 valence electrons. The quantitative estimate of drug-likeness (QED) is 0.644. The van der Waals surface area contributed by atoms with E-state index in [9.17, 15) is 14.4 Å². The number of hydrogen-bond donors (Lipinski definition) is 3. The zero-order valence-corrected chi connectivity index (χ0v) is 10.8. The number of aliphatic hydroxyl groups excluding tert-OH is 1. The minimum atomic E-state index is -1.35. The van der Waals surface area contributed by atoms with Crippen LogP contribution in [0.2, 0.25) is 0 Å². The molecule has 2 unspecified atom stereocenters. The van der Waals surface area contributed by atoms with Crippen LogP contribution in [0.1, 0.15) is 11.7 Å². The van der Waals surface area contributed by atoms with Crippen molar-refractivity contribution in [3.05, 3.63) is 22.8 Å². The Morgan fingerprint density at radius 3 is 2.90 bits per heavy atom. The van der Waals surface area contributed by atoms with E-state index in [2.05, 4.69) is 15.3 Å². The Kier molecular flexibility index (Phi) is 4.01. The Labute approximate surface area is 117 Å². The van der Waals surface area contributed by atoms with Crippen LogP contribution in [0, 0.1) is 0 Å². The molecular formula is C11H9N4O4S. The Morgan fingerprint density at radius 1 is 1.60 bits per heavy atom. The number of hydrogen-bond acceptors (Lipinski definition) is 8. The van der Waals surface area contributed by atoms with Crippen LogP contribution in [0.25, 0.3) is 0 Å². The second-order valence-corrected chi connectivity index (χ2v) is 4.68. The number of aromatic nitrogens is 1. The van der Waals surface area contributed by atoms with Gasteiger partial charge in [-0.1, -0.05) is 0 Å². The number of nitrogen functional groups attached to an aromatic ring is 1. The summed E-state index contributed by atoms with van der Waals surface area (Å²) >= 11 is 1.12. The third-order valence-electron chi connectivity index (χ3n) is 2.39. The lowest BCUT2D eigenvalue weighted by atomic mass is 10.1. The molecule has 9 heteroatoms. The summed E-state index contributed by atoms with van der Waals surface area (Å²) in [6.45, 7) is 0. The molecule has 0 fully saturated rings. The van der Waals surface area contributed by atoms with Crippen molar-refractivity contribution in [3.63, 3.8) is 0 Å². The highest BCUT2D eigenvalue weighted by Gasteiger charge is 2.23. The monoisotopic (exact) mass is 293 g/mol. The van der Waals surface area contributed by atoms with Crippen molar-refractivity contribution in [3.8, 4) is 0 Å². The first-order chi connectivity index (χ1) is 9.51. The Balaban J connectivity index is 2.11. The van der Waals surface area contributed by atoms with Gasteiger partial charge in [-0.05, 0) is 0 Å². The fourth-order valence-electron chi connectivity index (χ4n) is 1.41. The molecule has 20 heavy (non-hydrogen) atoms. The fourth-order valence-corrected chi connectivity index (χ4v) is 2.00. The highest BCUT2D eigenvalue weighted by molar-refractivity contribution is 7.13. The Hall–Kier alpha value is -2.39. The first-order valence-corrected chi connectivity index (χ1v) is 6.26. The SMILES string of the molecule is Nc1nc(C([C]=O)NC(=O)C2=CC(=O)C(O)C=N2)cs1. The van der Waals surface area contributed by atoms with E-state index in [1.807, 2.05) is 0 Å². The van der Waals surface area contributed by atoms with Gasteiger partial charge in [0.2, 0.25) is 6.29 Å².